The Labute approximate surface area is 113 Å². The van der Waals surface area contributed by atoms with Gasteiger partial charge in [0, 0.05) is 6.20 Å². The Kier molecular flexibility index (Phi) is 3.86. The summed E-state index contributed by atoms with van der Waals surface area (Å²) in [6.07, 6.45) is 2.75. The number of hydrogen-bond donors (Lipinski definition) is 1. The summed E-state index contributed by atoms with van der Waals surface area (Å²) in [5.74, 6) is -0.462. The van der Waals surface area contributed by atoms with Crippen molar-refractivity contribution < 1.29 is 17.9 Å². The van der Waals surface area contributed by atoms with Crippen molar-refractivity contribution in [3.05, 3.63) is 29.9 Å². The van der Waals surface area contributed by atoms with Crippen LogP contribution in [-0.4, -0.2) is 31.3 Å². The average Bonchev–Trinajstić information content (AvgIpc) is 3.00. The Morgan fingerprint density at radius 1 is 1.58 bits per heavy atom. The largest absolute Gasteiger partial charge is 0.468 e. The molecule has 19 heavy (non-hydrogen) atoms. The zero-order valence-corrected chi connectivity index (χ0v) is 11.6. The molecule has 2 rings (SSSR count). The molecule has 0 aliphatic carbocycles. The first-order chi connectivity index (χ1) is 9.01. The molecule has 0 bridgehead atoms. The van der Waals surface area contributed by atoms with Gasteiger partial charge in [0.15, 0.2) is 0 Å². The zero-order chi connectivity index (χ0) is 13.9. The lowest BCUT2D eigenvalue weighted by Crippen LogP contribution is -2.12. The van der Waals surface area contributed by atoms with Crippen LogP contribution in [0.1, 0.15) is 0 Å². The van der Waals surface area contributed by atoms with E-state index in [1.54, 1.807) is 11.4 Å². The number of carbonyl (C=O) groups is 1. The standard InChI is InChI=1S/C10H11N3O4S2/c1-17-9(14)7-13-6-8(5-11-13)12-19(15,16)10-3-2-4-18-10/h2-6,12H,7H2,1H3. The number of aromatic nitrogens is 2. The minimum atomic E-state index is -3.59. The normalized spacial score (nSPS) is 11.2. The van der Waals surface area contributed by atoms with Crippen molar-refractivity contribution in [2.45, 2.75) is 10.8 Å². The minimum Gasteiger partial charge on any atom is -0.468 e. The number of thiophene rings is 1. The van der Waals surface area contributed by atoms with Crippen LogP contribution in [0.15, 0.2) is 34.1 Å². The number of nitrogens with one attached hydrogen (secondary N) is 1. The van der Waals surface area contributed by atoms with Gasteiger partial charge in [0.05, 0.1) is 19.0 Å². The molecule has 0 unspecified atom stereocenters. The van der Waals surface area contributed by atoms with Gasteiger partial charge in [-0.3, -0.25) is 14.2 Å². The van der Waals surface area contributed by atoms with E-state index in [4.69, 9.17) is 0 Å². The molecule has 0 fully saturated rings. The van der Waals surface area contributed by atoms with Crippen molar-refractivity contribution in [3.63, 3.8) is 0 Å². The summed E-state index contributed by atoms with van der Waals surface area (Å²) >= 11 is 1.12. The smallest absolute Gasteiger partial charge is 0.327 e. The van der Waals surface area contributed by atoms with Gasteiger partial charge in [-0.1, -0.05) is 6.07 Å². The lowest BCUT2D eigenvalue weighted by atomic mass is 10.6. The molecule has 2 heterocycles. The van der Waals surface area contributed by atoms with Crippen molar-refractivity contribution in [1.82, 2.24) is 9.78 Å². The van der Waals surface area contributed by atoms with Gasteiger partial charge in [0.1, 0.15) is 10.8 Å². The summed E-state index contributed by atoms with van der Waals surface area (Å²) in [5.41, 5.74) is 0.289. The Morgan fingerprint density at radius 2 is 2.37 bits per heavy atom. The highest BCUT2D eigenvalue weighted by Crippen LogP contribution is 2.19. The number of ether oxygens (including phenoxy) is 1. The van der Waals surface area contributed by atoms with Crippen LogP contribution in [0.5, 0.6) is 0 Å². The molecule has 0 aromatic carbocycles. The molecule has 0 amide bonds. The van der Waals surface area contributed by atoms with E-state index in [0.717, 1.165) is 11.3 Å². The third-order valence-corrected chi connectivity index (χ3v) is 4.94. The second-order valence-electron chi connectivity index (χ2n) is 3.54. The molecule has 2 aromatic heterocycles. The first-order valence-corrected chi connectivity index (χ1v) is 7.53. The molecule has 0 saturated heterocycles. The van der Waals surface area contributed by atoms with Gasteiger partial charge in [0.25, 0.3) is 10.0 Å². The molecular formula is C10H11N3O4S2. The van der Waals surface area contributed by atoms with Crippen LogP contribution < -0.4 is 4.72 Å². The van der Waals surface area contributed by atoms with Crippen molar-refractivity contribution >= 4 is 33.0 Å². The van der Waals surface area contributed by atoms with Crippen molar-refractivity contribution in [1.29, 1.82) is 0 Å². The highest BCUT2D eigenvalue weighted by atomic mass is 32.2. The lowest BCUT2D eigenvalue weighted by molar-refractivity contribution is -0.141. The van der Waals surface area contributed by atoms with E-state index in [1.807, 2.05) is 0 Å². The van der Waals surface area contributed by atoms with E-state index in [2.05, 4.69) is 14.6 Å². The van der Waals surface area contributed by atoms with Crippen molar-refractivity contribution in [2.75, 3.05) is 11.8 Å². The summed E-state index contributed by atoms with van der Waals surface area (Å²) in [6, 6.07) is 3.16. The molecule has 9 heteroatoms. The highest BCUT2D eigenvalue weighted by Gasteiger charge is 2.16. The number of sulfonamides is 1. The molecule has 0 spiro atoms. The summed E-state index contributed by atoms with van der Waals surface area (Å²) in [6.45, 7) is -0.0722. The predicted octanol–water partition coefficient (Wildman–Crippen LogP) is 0.918. The fraction of sp³-hybridized carbons (Fsp3) is 0.200. The van der Waals surface area contributed by atoms with E-state index < -0.39 is 16.0 Å². The van der Waals surface area contributed by atoms with Gasteiger partial charge in [-0.15, -0.1) is 11.3 Å². The van der Waals surface area contributed by atoms with Crippen LogP contribution >= 0.6 is 11.3 Å². The molecule has 0 atom stereocenters. The quantitative estimate of drug-likeness (QED) is 0.829. The number of esters is 1. The Morgan fingerprint density at radius 3 is 3.00 bits per heavy atom. The number of nitrogens with zero attached hydrogens (tertiary/aromatic N) is 2. The summed E-state index contributed by atoms with van der Waals surface area (Å²) < 4.78 is 32.2. The summed E-state index contributed by atoms with van der Waals surface area (Å²) in [5, 5.41) is 5.54. The molecule has 2 aromatic rings. The fourth-order valence-corrected chi connectivity index (χ4v) is 3.34. The van der Waals surface area contributed by atoms with Gasteiger partial charge in [-0.2, -0.15) is 5.10 Å². The molecule has 0 radical (unpaired) electrons. The summed E-state index contributed by atoms with van der Waals surface area (Å²) in [7, 11) is -2.32. The van der Waals surface area contributed by atoms with E-state index >= 15 is 0 Å². The number of hydrogen-bond acceptors (Lipinski definition) is 6. The zero-order valence-electron chi connectivity index (χ0n) is 9.94. The molecule has 1 N–H and O–H groups in total. The average molecular weight is 301 g/mol. The van der Waals surface area contributed by atoms with Crippen molar-refractivity contribution in [3.8, 4) is 0 Å². The molecule has 0 aliphatic heterocycles. The van der Waals surface area contributed by atoms with Gasteiger partial charge >= 0.3 is 5.97 Å². The third-order valence-electron chi connectivity index (χ3n) is 2.16. The van der Waals surface area contributed by atoms with E-state index in [0.29, 0.717) is 0 Å². The Balaban J connectivity index is 2.10. The molecule has 102 valence electrons. The number of carbonyl (C=O) groups excluding carboxylic acids is 1. The summed E-state index contributed by atoms with van der Waals surface area (Å²) in [4.78, 5) is 11.0. The molecule has 0 saturated carbocycles. The second kappa shape index (κ2) is 5.41. The number of rotatable bonds is 5. The van der Waals surface area contributed by atoms with Crippen LogP contribution in [0, 0.1) is 0 Å². The lowest BCUT2D eigenvalue weighted by Gasteiger charge is -2.02. The van der Waals surface area contributed by atoms with Crippen LogP contribution in [0.3, 0.4) is 0 Å². The van der Waals surface area contributed by atoms with Crippen molar-refractivity contribution in [2.24, 2.45) is 0 Å². The van der Waals surface area contributed by atoms with Gasteiger partial charge in [0.2, 0.25) is 0 Å². The van der Waals surface area contributed by atoms with E-state index in [-0.39, 0.29) is 16.4 Å². The molecule has 7 nitrogen and oxygen atoms in total. The Hall–Kier alpha value is -1.87. The monoisotopic (exact) mass is 301 g/mol. The topological polar surface area (TPSA) is 90.3 Å². The minimum absolute atomic E-state index is 0.0722. The SMILES string of the molecule is COC(=O)Cn1cc(NS(=O)(=O)c2cccs2)cn1. The van der Waals surface area contributed by atoms with Crippen LogP contribution in [0.4, 0.5) is 5.69 Å². The van der Waals surface area contributed by atoms with Gasteiger partial charge < -0.3 is 4.74 Å². The number of anilines is 1. The predicted molar refractivity (Wildman–Crippen MR) is 69.4 cm³/mol. The van der Waals surface area contributed by atoms with E-state index in [9.17, 15) is 13.2 Å². The van der Waals surface area contributed by atoms with Gasteiger partial charge in [-0.05, 0) is 11.4 Å². The first kappa shape index (κ1) is 13.6. The third kappa shape index (κ3) is 3.32. The van der Waals surface area contributed by atoms with Gasteiger partial charge in [-0.25, -0.2) is 8.42 Å². The number of methoxy groups -OCH3 is 1. The molecular weight excluding hydrogens is 290 g/mol. The van der Waals surface area contributed by atoms with Crippen LogP contribution in [0.2, 0.25) is 0 Å². The first-order valence-electron chi connectivity index (χ1n) is 5.17. The maximum atomic E-state index is 11.9. The maximum Gasteiger partial charge on any atom is 0.327 e. The van der Waals surface area contributed by atoms with Crippen LogP contribution in [0.25, 0.3) is 0 Å². The molecule has 0 aliphatic rings. The van der Waals surface area contributed by atoms with E-state index in [1.165, 1.54) is 30.3 Å². The Bertz CT molecular complexity index is 661. The van der Waals surface area contributed by atoms with Crippen LogP contribution in [-0.2, 0) is 26.1 Å². The second-order valence-corrected chi connectivity index (χ2v) is 6.40. The fourth-order valence-electron chi connectivity index (χ4n) is 1.32. The maximum absolute atomic E-state index is 11.9. The highest BCUT2D eigenvalue weighted by molar-refractivity contribution is 7.94.